The van der Waals surface area contributed by atoms with Crippen LogP contribution in [0.4, 0.5) is 5.69 Å². The summed E-state index contributed by atoms with van der Waals surface area (Å²) in [5.74, 6) is 0.202. The summed E-state index contributed by atoms with van der Waals surface area (Å²) in [5.41, 5.74) is 7.46. The number of carbonyl (C=O) groups is 2. The van der Waals surface area contributed by atoms with Gasteiger partial charge in [-0.3, -0.25) is 14.6 Å². The molecule has 4 nitrogen and oxygen atoms in total. The van der Waals surface area contributed by atoms with Crippen LogP contribution in [-0.2, 0) is 16.0 Å². The number of ketones is 2. The quantitative estimate of drug-likeness (QED) is 0.0801. The van der Waals surface area contributed by atoms with Crippen LogP contribution in [0.1, 0.15) is 206 Å². The molecule has 0 saturated heterocycles. The third-order valence-corrected chi connectivity index (χ3v) is 9.31. The Balaban J connectivity index is 2.22. The van der Waals surface area contributed by atoms with Crippen molar-refractivity contribution < 1.29 is 9.59 Å². The molecule has 2 N–H and O–H groups in total. The second kappa shape index (κ2) is 30.0. The summed E-state index contributed by atoms with van der Waals surface area (Å²) < 4.78 is 0. The lowest BCUT2D eigenvalue weighted by Crippen LogP contribution is -2.21. The number of rotatable bonds is 33. The molecule has 1 aromatic rings. The highest BCUT2D eigenvalue weighted by Gasteiger charge is 2.22. The van der Waals surface area contributed by atoms with Gasteiger partial charge in [-0.1, -0.05) is 168 Å². The summed E-state index contributed by atoms with van der Waals surface area (Å²) in [6.45, 7) is 4.55. The van der Waals surface area contributed by atoms with Gasteiger partial charge in [0.2, 0.25) is 0 Å². The fourth-order valence-corrected chi connectivity index (χ4v) is 6.40. The predicted molar refractivity (Wildman–Crippen MR) is 191 cm³/mol. The number of hydrogen-bond acceptors (Lipinski definition) is 4. The van der Waals surface area contributed by atoms with Gasteiger partial charge in [0, 0.05) is 42.8 Å². The third-order valence-electron chi connectivity index (χ3n) is 9.31. The molecule has 0 fully saturated rings. The number of hydrogen-bond donors (Lipinski definition) is 1. The molecular weight excluding hydrogens is 540 g/mol. The largest absolute Gasteiger partial charge is 0.399 e. The maximum atomic E-state index is 13.2. The van der Waals surface area contributed by atoms with E-state index < -0.39 is 0 Å². The van der Waals surface area contributed by atoms with E-state index in [1.165, 1.54) is 141 Å². The first-order valence-corrected chi connectivity index (χ1v) is 19.3. The smallest absolute Gasteiger partial charge is 0.136 e. The minimum Gasteiger partial charge on any atom is -0.399 e. The molecule has 0 radical (unpaired) electrons. The van der Waals surface area contributed by atoms with Crippen molar-refractivity contribution in [1.29, 1.82) is 0 Å². The normalized spacial score (nSPS) is 12.0. The number of nitrogens with zero attached hydrogens (tertiary/aromatic N) is 1. The molecule has 44 heavy (non-hydrogen) atoms. The average molecular weight is 613 g/mol. The molecule has 254 valence electrons. The van der Waals surface area contributed by atoms with E-state index in [1.54, 1.807) is 12.3 Å². The first kappa shape index (κ1) is 40.3. The van der Waals surface area contributed by atoms with Crippen molar-refractivity contribution in [2.24, 2.45) is 5.92 Å². The molecule has 0 aromatic carbocycles. The van der Waals surface area contributed by atoms with Gasteiger partial charge < -0.3 is 5.73 Å². The van der Waals surface area contributed by atoms with Gasteiger partial charge in [0.05, 0.1) is 0 Å². The van der Waals surface area contributed by atoms with Crippen molar-refractivity contribution in [2.75, 3.05) is 5.73 Å². The van der Waals surface area contributed by atoms with Crippen LogP contribution in [0.2, 0.25) is 0 Å². The zero-order valence-electron chi connectivity index (χ0n) is 29.4. The van der Waals surface area contributed by atoms with Crippen LogP contribution < -0.4 is 5.73 Å². The van der Waals surface area contributed by atoms with Crippen LogP contribution in [0.5, 0.6) is 0 Å². The third kappa shape index (κ3) is 24.6. The van der Waals surface area contributed by atoms with Gasteiger partial charge in [-0.25, -0.2) is 0 Å². The van der Waals surface area contributed by atoms with Crippen molar-refractivity contribution in [3.63, 3.8) is 0 Å². The van der Waals surface area contributed by atoms with Gasteiger partial charge in [0.1, 0.15) is 11.6 Å². The Hall–Kier alpha value is -1.71. The summed E-state index contributed by atoms with van der Waals surface area (Å²) in [4.78, 5) is 30.6. The molecule has 1 heterocycles. The van der Waals surface area contributed by atoms with E-state index in [2.05, 4.69) is 18.8 Å². The molecule has 0 aliphatic carbocycles. The maximum Gasteiger partial charge on any atom is 0.136 e. The Morgan fingerprint density at radius 1 is 0.591 bits per heavy atom. The summed E-state index contributed by atoms with van der Waals surface area (Å²) in [7, 11) is 0. The van der Waals surface area contributed by atoms with E-state index >= 15 is 0 Å². The van der Waals surface area contributed by atoms with Crippen LogP contribution in [0.15, 0.2) is 18.3 Å². The highest BCUT2D eigenvalue weighted by atomic mass is 16.1. The van der Waals surface area contributed by atoms with Crippen molar-refractivity contribution in [3.8, 4) is 0 Å². The SMILES string of the molecule is CCCCCCCCCCCCCCCC(=O)CC(Cc1cc(N)ccn1)C(=O)CCCCCCCCCCCCCCC. The fraction of sp³-hybridized carbons (Fsp3) is 0.825. The molecule has 0 aliphatic rings. The Morgan fingerprint density at radius 3 is 1.39 bits per heavy atom. The van der Waals surface area contributed by atoms with Gasteiger partial charge in [-0.05, 0) is 31.4 Å². The molecular formula is C40H72N2O2. The molecule has 0 saturated carbocycles. The first-order chi connectivity index (χ1) is 21.6. The van der Waals surface area contributed by atoms with Gasteiger partial charge in [-0.15, -0.1) is 0 Å². The van der Waals surface area contributed by atoms with Gasteiger partial charge in [0.15, 0.2) is 0 Å². The van der Waals surface area contributed by atoms with E-state index in [0.29, 0.717) is 31.4 Å². The number of anilines is 1. The molecule has 1 atom stereocenters. The Kier molecular flexibility index (Phi) is 27.5. The maximum absolute atomic E-state index is 13.2. The standard InChI is InChI=1S/C40H72N2O2/c1-3-5-7-9-11-13-15-17-19-21-23-25-27-29-39(43)34-36(33-38-35-37(41)31-32-42-38)40(44)30-28-26-24-22-20-18-16-14-12-10-8-6-4-2/h31-32,35-36H,3-30,33-34H2,1-2H3,(H2,41,42). The van der Waals surface area contributed by atoms with Crippen molar-refractivity contribution in [1.82, 2.24) is 4.98 Å². The molecule has 1 aromatic heterocycles. The average Bonchev–Trinajstić information content (AvgIpc) is 3.01. The number of nitrogen functional groups attached to an aromatic ring is 1. The molecule has 1 rings (SSSR count). The Labute approximate surface area is 273 Å². The molecule has 4 heteroatoms. The summed E-state index contributed by atoms with van der Waals surface area (Å²) >= 11 is 0. The number of carbonyl (C=O) groups excluding carboxylic acids is 2. The number of aromatic nitrogens is 1. The Morgan fingerprint density at radius 2 is 0.977 bits per heavy atom. The lowest BCUT2D eigenvalue weighted by Gasteiger charge is -2.15. The second-order valence-electron chi connectivity index (χ2n) is 13.7. The zero-order chi connectivity index (χ0) is 31.9. The summed E-state index contributed by atoms with van der Waals surface area (Å²) in [6, 6.07) is 3.62. The lowest BCUT2D eigenvalue weighted by molar-refractivity contribution is -0.128. The first-order valence-electron chi connectivity index (χ1n) is 19.3. The number of unbranched alkanes of at least 4 members (excludes halogenated alkanes) is 24. The van der Waals surface area contributed by atoms with E-state index in [4.69, 9.17) is 5.73 Å². The van der Waals surface area contributed by atoms with E-state index in [0.717, 1.165) is 31.4 Å². The molecule has 0 bridgehead atoms. The molecule has 1 unspecified atom stereocenters. The van der Waals surface area contributed by atoms with Gasteiger partial charge in [0.25, 0.3) is 0 Å². The van der Waals surface area contributed by atoms with Gasteiger partial charge in [-0.2, -0.15) is 0 Å². The number of nitrogens with two attached hydrogens (primary N) is 1. The van der Waals surface area contributed by atoms with Crippen LogP contribution in [0.25, 0.3) is 0 Å². The number of pyridine rings is 1. The fourth-order valence-electron chi connectivity index (χ4n) is 6.40. The monoisotopic (exact) mass is 613 g/mol. The summed E-state index contributed by atoms with van der Waals surface area (Å²) in [6.07, 6.45) is 37.6. The highest BCUT2D eigenvalue weighted by molar-refractivity contribution is 5.88. The highest BCUT2D eigenvalue weighted by Crippen LogP contribution is 2.21. The topological polar surface area (TPSA) is 73.1 Å². The van der Waals surface area contributed by atoms with Crippen molar-refractivity contribution in [3.05, 3.63) is 24.0 Å². The minimum absolute atomic E-state index is 0.232. The number of Topliss-reactive ketones (excluding diaryl/α,β-unsaturated/α-hetero) is 2. The van der Waals surface area contributed by atoms with Gasteiger partial charge >= 0.3 is 0 Å². The van der Waals surface area contributed by atoms with E-state index in [9.17, 15) is 9.59 Å². The van der Waals surface area contributed by atoms with Crippen LogP contribution in [0.3, 0.4) is 0 Å². The van der Waals surface area contributed by atoms with Crippen LogP contribution in [0, 0.1) is 5.92 Å². The molecule has 0 spiro atoms. The van der Waals surface area contributed by atoms with Crippen LogP contribution in [-0.4, -0.2) is 16.6 Å². The molecule has 0 amide bonds. The summed E-state index contributed by atoms with van der Waals surface area (Å²) in [5, 5.41) is 0. The minimum atomic E-state index is -0.268. The second-order valence-corrected chi connectivity index (χ2v) is 13.7. The predicted octanol–water partition coefficient (Wildman–Crippen LogP) is 12.3. The zero-order valence-corrected chi connectivity index (χ0v) is 29.4. The van der Waals surface area contributed by atoms with Crippen molar-refractivity contribution in [2.45, 2.75) is 206 Å². The Bertz CT molecular complexity index is 808. The van der Waals surface area contributed by atoms with E-state index in [1.807, 2.05) is 6.07 Å². The van der Waals surface area contributed by atoms with Crippen LogP contribution >= 0.6 is 0 Å². The lowest BCUT2D eigenvalue weighted by atomic mass is 9.88. The molecule has 0 aliphatic heterocycles. The van der Waals surface area contributed by atoms with Crippen molar-refractivity contribution >= 4 is 17.3 Å². The van der Waals surface area contributed by atoms with E-state index in [-0.39, 0.29) is 17.5 Å².